The van der Waals surface area contributed by atoms with Gasteiger partial charge in [-0.1, -0.05) is 36.4 Å². The molecule has 0 fully saturated rings. The number of esters is 1. The summed E-state index contributed by atoms with van der Waals surface area (Å²) >= 11 is 0. The highest BCUT2D eigenvalue weighted by molar-refractivity contribution is 5.97. The normalized spacial score (nSPS) is 13.4. The number of nitrogens with zero attached hydrogens (tertiary/aromatic N) is 1. The Morgan fingerprint density at radius 1 is 1.07 bits per heavy atom. The van der Waals surface area contributed by atoms with Gasteiger partial charge in [0.1, 0.15) is 29.1 Å². The number of carbonyl (C=O) groups is 3. The Kier molecular flexibility index (Phi) is 10.1. The van der Waals surface area contributed by atoms with Crippen molar-refractivity contribution in [1.82, 2.24) is 10.3 Å². The second-order valence-electron chi connectivity index (χ2n) is 9.26. The highest BCUT2D eigenvalue weighted by atomic mass is 19.1. The van der Waals surface area contributed by atoms with Gasteiger partial charge >= 0.3 is 5.97 Å². The van der Waals surface area contributed by atoms with Crippen LogP contribution in [-0.2, 0) is 24.7 Å². The number of aliphatic hydroxyl groups is 1. The number of methoxy groups -OCH3 is 1. The average molecular weight is 573 g/mol. The second-order valence-corrected chi connectivity index (χ2v) is 9.26. The van der Waals surface area contributed by atoms with Crippen molar-refractivity contribution in [2.45, 2.75) is 38.0 Å². The molecule has 1 aromatic heterocycles. The number of nitrogens with one attached hydrogen (secondary N) is 1. The van der Waals surface area contributed by atoms with Crippen molar-refractivity contribution in [2.75, 3.05) is 20.5 Å². The number of hydrogen-bond acceptors (Lipinski definition) is 9. The van der Waals surface area contributed by atoms with E-state index in [4.69, 9.17) is 18.9 Å². The highest BCUT2D eigenvalue weighted by Gasteiger charge is 2.43. The molecule has 2 atom stereocenters. The van der Waals surface area contributed by atoms with Gasteiger partial charge in [-0.2, -0.15) is 0 Å². The molecule has 0 aliphatic heterocycles. The molecule has 2 aromatic carbocycles. The molecule has 0 aliphatic carbocycles. The Balaban J connectivity index is 1.87. The molecular weight excluding hydrogens is 542 g/mol. The fraction of sp³-hybridized carbons (Fsp3) is 0.310. The average Bonchev–Trinajstić information content (AvgIpc) is 2.95. The van der Waals surface area contributed by atoms with E-state index < -0.39 is 54.2 Å². The van der Waals surface area contributed by atoms with E-state index in [-0.39, 0.29) is 28.3 Å². The quantitative estimate of drug-likeness (QED) is 0.180. The number of rotatable bonds is 13. The van der Waals surface area contributed by atoms with E-state index in [2.05, 4.69) is 10.3 Å². The summed E-state index contributed by atoms with van der Waals surface area (Å²) in [5.74, 6) is -3.13. The van der Waals surface area contributed by atoms with Crippen molar-refractivity contribution in [3.05, 3.63) is 89.2 Å². The van der Waals surface area contributed by atoms with E-state index in [1.165, 1.54) is 76.5 Å². The van der Waals surface area contributed by atoms with Crippen LogP contribution in [0.5, 0.6) is 11.5 Å². The Morgan fingerprint density at radius 2 is 1.66 bits per heavy atom. The van der Waals surface area contributed by atoms with Crippen LogP contribution in [0.15, 0.2) is 60.8 Å². The first kappa shape index (κ1) is 31.1. The lowest BCUT2D eigenvalue weighted by Gasteiger charge is -2.37. The van der Waals surface area contributed by atoms with Gasteiger partial charge in [0.15, 0.2) is 17.2 Å². The molecule has 218 valence electrons. The maximum Gasteiger partial charge on any atom is 0.305 e. The van der Waals surface area contributed by atoms with Gasteiger partial charge in [0.25, 0.3) is 5.91 Å². The highest BCUT2D eigenvalue weighted by Crippen LogP contribution is 2.38. The van der Waals surface area contributed by atoms with E-state index in [9.17, 15) is 28.3 Å². The van der Waals surface area contributed by atoms with Gasteiger partial charge in [0.2, 0.25) is 6.79 Å². The molecule has 0 radical (unpaired) electrons. The lowest BCUT2D eigenvalue weighted by molar-refractivity contribution is -0.147. The van der Waals surface area contributed by atoms with Gasteiger partial charge < -0.3 is 34.2 Å². The fourth-order valence-corrected chi connectivity index (χ4v) is 4.02. The maximum absolute atomic E-state index is 14.9. The zero-order valence-electron chi connectivity index (χ0n) is 22.9. The van der Waals surface area contributed by atoms with Crippen molar-refractivity contribution >= 4 is 18.2 Å². The molecule has 0 bridgehead atoms. The van der Waals surface area contributed by atoms with Crippen molar-refractivity contribution < 1.29 is 47.2 Å². The third-order valence-electron chi connectivity index (χ3n) is 6.22. The number of aromatic nitrogens is 1. The largest absolute Gasteiger partial charge is 0.493 e. The molecule has 0 unspecified atom stereocenters. The first-order chi connectivity index (χ1) is 19.5. The number of ether oxygens (including phenoxy) is 4. The number of amides is 1. The molecule has 0 saturated heterocycles. The first-order valence-corrected chi connectivity index (χ1v) is 12.4. The summed E-state index contributed by atoms with van der Waals surface area (Å²) in [6.07, 6.45) is 0.360. The van der Waals surface area contributed by atoms with Gasteiger partial charge in [-0.15, -0.1) is 0 Å². The van der Waals surface area contributed by atoms with Crippen LogP contribution < -0.4 is 14.8 Å². The Morgan fingerprint density at radius 3 is 2.17 bits per heavy atom. The molecule has 10 nitrogen and oxygen atoms in total. The molecule has 3 rings (SSSR count). The summed E-state index contributed by atoms with van der Waals surface area (Å²) in [4.78, 5) is 40.5. The predicted octanol–water partition coefficient (Wildman–Crippen LogP) is 3.30. The first-order valence-electron chi connectivity index (χ1n) is 12.4. The van der Waals surface area contributed by atoms with Gasteiger partial charge in [-0.05, 0) is 26.0 Å². The van der Waals surface area contributed by atoms with E-state index in [0.717, 1.165) is 12.1 Å². The summed E-state index contributed by atoms with van der Waals surface area (Å²) in [6.45, 7) is 2.86. The SMILES string of the molecule is COc1ccnc(C(=O)N[C@@](C)(C=O)CO[C@@H](C)C(O)(c2ccccc2F)c2ccccc2F)c1OCOC(C)=O. The number of carbonyl (C=O) groups excluding carboxylic acids is 3. The van der Waals surface area contributed by atoms with Gasteiger partial charge in [0, 0.05) is 30.3 Å². The third-order valence-corrected chi connectivity index (χ3v) is 6.22. The molecule has 41 heavy (non-hydrogen) atoms. The summed E-state index contributed by atoms with van der Waals surface area (Å²) in [7, 11) is 1.33. The van der Waals surface area contributed by atoms with Crippen LogP contribution in [0.3, 0.4) is 0 Å². The lowest BCUT2D eigenvalue weighted by Crippen LogP contribution is -2.53. The number of pyridine rings is 1. The minimum atomic E-state index is -2.31. The molecule has 3 aromatic rings. The zero-order valence-corrected chi connectivity index (χ0v) is 22.9. The number of aldehydes is 1. The van der Waals surface area contributed by atoms with Crippen LogP contribution in [0.4, 0.5) is 8.78 Å². The van der Waals surface area contributed by atoms with Crippen LogP contribution in [0.25, 0.3) is 0 Å². The topological polar surface area (TPSA) is 133 Å². The monoisotopic (exact) mass is 572 g/mol. The molecular formula is C29H30F2N2O8. The van der Waals surface area contributed by atoms with Crippen LogP contribution in [0, 0.1) is 11.6 Å². The van der Waals surface area contributed by atoms with Crippen molar-refractivity contribution in [1.29, 1.82) is 0 Å². The number of hydrogen-bond donors (Lipinski definition) is 2. The predicted molar refractivity (Wildman–Crippen MR) is 141 cm³/mol. The fourth-order valence-electron chi connectivity index (χ4n) is 4.02. The minimum absolute atomic E-state index is 0.106. The molecule has 0 aliphatic rings. The van der Waals surface area contributed by atoms with Crippen LogP contribution in [-0.4, -0.2) is 60.4 Å². The number of halogens is 2. The zero-order chi connectivity index (χ0) is 30.2. The molecule has 0 saturated carbocycles. The molecule has 12 heteroatoms. The van der Waals surface area contributed by atoms with Crippen molar-refractivity contribution in [3.63, 3.8) is 0 Å². The Labute approximate surface area is 235 Å². The lowest BCUT2D eigenvalue weighted by atomic mass is 9.81. The standard InChI is InChI=1S/C29H30F2N2O8/c1-18(29(37,20-9-5-7-11-22(20)30)21-10-6-8-12-23(21)31)39-16-28(3,15-34)33-27(36)25-26(41-17-40-19(2)35)24(38-4)13-14-32-25/h5-15,18,37H,16-17H2,1-4H3,(H,33,36)/t18-,28-/m0/s1. The molecule has 1 amide bonds. The molecule has 0 spiro atoms. The maximum atomic E-state index is 14.9. The summed E-state index contributed by atoms with van der Waals surface area (Å²) < 4.78 is 50.9. The number of benzene rings is 2. The smallest absolute Gasteiger partial charge is 0.305 e. The van der Waals surface area contributed by atoms with Gasteiger partial charge in [-0.3, -0.25) is 9.59 Å². The van der Waals surface area contributed by atoms with Crippen LogP contribution in [0.1, 0.15) is 42.4 Å². The van der Waals surface area contributed by atoms with E-state index in [0.29, 0.717) is 6.29 Å². The summed E-state index contributed by atoms with van der Waals surface area (Å²) in [5, 5.41) is 14.3. The molecule has 2 N–H and O–H groups in total. The van der Waals surface area contributed by atoms with Gasteiger partial charge in [-0.25, -0.2) is 13.8 Å². The van der Waals surface area contributed by atoms with Crippen LogP contribution in [0.2, 0.25) is 0 Å². The minimum Gasteiger partial charge on any atom is -0.493 e. The Bertz CT molecular complexity index is 1360. The molecule has 1 heterocycles. The van der Waals surface area contributed by atoms with E-state index in [1.807, 2.05) is 0 Å². The van der Waals surface area contributed by atoms with Crippen LogP contribution >= 0.6 is 0 Å². The van der Waals surface area contributed by atoms with Crippen molar-refractivity contribution in [2.24, 2.45) is 0 Å². The van der Waals surface area contributed by atoms with E-state index in [1.54, 1.807) is 0 Å². The Hall–Kier alpha value is -4.42. The third kappa shape index (κ3) is 7.02. The second kappa shape index (κ2) is 13.3. The van der Waals surface area contributed by atoms with Gasteiger partial charge in [0.05, 0.1) is 19.8 Å². The van der Waals surface area contributed by atoms with Crippen molar-refractivity contribution in [3.8, 4) is 11.5 Å². The summed E-state index contributed by atoms with van der Waals surface area (Å²) in [6, 6.07) is 12.0. The summed E-state index contributed by atoms with van der Waals surface area (Å²) in [5.41, 5.74) is -4.79. The van der Waals surface area contributed by atoms with E-state index >= 15 is 0 Å².